The summed E-state index contributed by atoms with van der Waals surface area (Å²) in [5.41, 5.74) is 4.56. The fourth-order valence-corrected chi connectivity index (χ4v) is 4.13. The van der Waals surface area contributed by atoms with E-state index in [0.29, 0.717) is 5.57 Å². The van der Waals surface area contributed by atoms with Crippen LogP contribution in [-0.4, -0.2) is 41.7 Å². The van der Waals surface area contributed by atoms with Crippen molar-refractivity contribution in [2.75, 3.05) is 5.75 Å². The van der Waals surface area contributed by atoms with E-state index < -0.39 is 33.8 Å². The molecule has 0 heterocycles. The highest BCUT2D eigenvalue weighted by Gasteiger charge is 2.26. The van der Waals surface area contributed by atoms with Gasteiger partial charge in [-0.1, -0.05) is 55.4 Å². The molecule has 1 atom stereocenters. The van der Waals surface area contributed by atoms with Crippen molar-refractivity contribution in [2.45, 2.75) is 59.9 Å². The van der Waals surface area contributed by atoms with Crippen LogP contribution in [0, 0.1) is 5.41 Å². The third kappa shape index (κ3) is 9.93. The van der Waals surface area contributed by atoms with Gasteiger partial charge in [-0.15, -0.1) is 0 Å². The first kappa shape index (κ1) is 26.6. The van der Waals surface area contributed by atoms with Gasteiger partial charge in [0.25, 0.3) is 10.1 Å². The summed E-state index contributed by atoms with van der Waals surface area (Å²) in [5.74, 6) is -3.41. The molecule has 0 aromatic heterocycles. The first-order valence-electron chi connectivity index (χ1n) is 10.1. The molecule has 0 aromatic carbocycles. The lowest BCUT2D eigenvalue weighted by Gasteiger charge is -2.32. The van der Waals surface area contributed by atoms with Crippen LogP contribution in [0.3, 0.4) is 0 Å². The monoisotopic (exact) mass is 451 g/mol. The summed E-state index contributed by atoms with van der Waals surface area (Å²) in [6.45, 7) is 10.3. The summed E-state index contributed by atoms with van der Waals surface area (Å²) in [6, 6.07) is -1.73. The number of hydrogen-bond acceptors (Lipinski definition) is 4. The summed E-state index contributed by atoms with van der Waals surface area (Å²) in [6.07, 6.45) is 14.3. The van der Waals surface area contributed by atoms with Crippen LogP contribution >= 0.6 is 0 Å². The molecule has 1 rings (SSSR count). The number of allylic oxidation sites excluding steroid dienone is 9. The Bertz CT molecular complexity index is 949. The highest BCUT2D eigenvalue weighted by Crippen LogP contribution is 2.40. The Kier molecular flexibility index (Phi) is 9.65. The zero-order valence-corrected chi connectivity index (χ0v) is 19.6. The zero-order chi connectivity index (χ0) is 23.8. The molecular formula is C23H33NO6S. The predicted molar refractivity (Wildman–Crippen MR) is 122 cm³/mol. The molecule has 1 aliphatic carbocycles. The van der Waals surface area contributed by atoms with E-state index in [0.717, 1.165) is 18.1 Å². The summed E-state index contributed by atoms with van der Waals surface area (Å²) in [5, 5.41) is 11.0. The van der Waals surface area contributed by atoms with Crippen molar-refractivity contribution in [2.24, 2.45) is 5.41 Å². The lowest BCUT2D eigenvalue weighted by Crippen LogP contribution is -2.44. The fourth-order valence-electron chi connectivity index (χ4n) is 3.49. The number of hydrogen-bond donors (Lipinski definition) is 3. The molecule has 3 N–H and O–H groups in total. The Labute approximate surface area is 185 Å². The molecule has 1 amide bonds. The van der Waals surface area contributed by atoms with Gasteiger partial charge in [0.05, 0.1) is 0 Å². The molecule has 0 unspecified atom stereocenters. The Morgan fingerprint density at radius 2 is 1.84 bits per heavy atom. The second-order valence-corrected chi connectivity index (χ2v) is 10.1. The topological polar surface area (TPSA) is 121 Å². The Morgan fingerprint density at radius 1 is 1.19 bits per heavy atom. The lowest BCUT2D eigenvalue weighted by atomic mass is 9.72. The van der Waals surface area contributed by atoms with Gasteiger partial charge in [-0.25, -0.2) is 4.79 Å². The van der Waals surface area contributed by atoms with Gasteiger partial charge in [-0.3, -0.25) is 9.35 Å². The van der Waals surface area contributed by atoms with Crippen molar-refractivity contribution in [1.29, 1.82) is 0 Å². The average molecular weight is 452 g/mol. The van der Waals surface area contributed by atoms with E-state index in [1.807, 2.05) is 13.0 Å². The van der Waals surface area contributed by atoms with Gasteiger partial charge < -0.3 is 10.4 Å². The molecule has 172 valence electrons. The number of nitrogens with one attached hydrogen (secondary N) is 1. The molecule has 0 spiro atoms. The quantitative estimate of drug-likeness (QED) is 0.277. The van der Waals surface area contributed by atoms with E-state index in [-0.39, 0.29) is 5.41 Å². The smallest absolute Gasteiger partial charge is 0.327 e. The Hall–Kier alpha value is -2.45. The molecular weight excluding hydrogens is 418 g/mol. The number of rotatable bonds is 9. The maximum Gasteiger partial charge on any atom is 0.327 e. The van der Waals surface area contributed by atoms with Crippen LogP contribution in [0.2, 0.25) is 0 Å². The lowest BCUT2D eigenvalue weighted by molar-refractivity contribution is -0.140. The average Bonchev–Trinajstić information content (AvgIpc) is 2.58. The van der Waals surface area contributed by atoms with Crippen molar-refractivity contribution in [3.8, 4) is 0 Å². The number of carboxylic acids is 1. The molecule has 0 fully saturated rings. The molecule has 31 heavy (non-hydrogen) atoms. The van der Waals surface area contributed by atoms with Crippen LogP contribution < -0.4 is 5.32 Å². The van der Waals surface area contributed by atoms with E-state index in [1.54, 1.807) is 19.1 Å². The van der Waals surface area contributed by atoms with E-state index in [4.69, 9.17) is 9.66 Å². The largest absolute Gasteiger partial charge is 0.480 e. The Balaban J connectivity index is 2.77. The standard InChI is InChI=1S/C23H33NO6S/c1-16(11-12-19-18(3)10-7-13-23(19,4)5)8-6-9-17(2)14-21(25)24-20(22(26)27)15-31(28,29)30/h6,8-9,11-12,14,20H,7,10,13,15H2,1-5H3,(H,24,25)(H,26,27)(H,28,29,30)/t20-/m0/s1. The van der Waals surface area contributed by atoms with Crippen molar-refractivity contribution in [3.63, 3.8) is 0 Å². The number of carboxylic acid groups (broad SMARTS) is 1. The normalized spacial score (nSPS) is 19.2. The van der Waals surface area contributed by atoms with Crippen molar-refractivity contribution < 1.29 is 27.7 Å². The van der Waals surface area contributed by atoms with Gasteiger partial charge in [0.15, 0.2) is 0 Å². The molecule has 0 aromatic rings. The second kappa shape index (κ2) is 11.2. The van der Waals surface area contributed by atoms with Crippen LogP contribution in [0.1, 0.15) is 53.9 Å². The highest BCUT2D eigenvalue weighted by atomic mass is 32.2. The minimum Gasteiger partial charge on any atom is -0.480 e. The molecule has 0 bridgehead atoms. The van der Waals surface area contributed by atoms with Crippen LogP contribution in [-0.2, 0) is 19.7 Å². The number of aliphatic carboxylic acids is 1. The SMILES string of the molecule is CC(C=CC1=C(C)CCCC1(C)C)=CC=CC(C)=CC(=O)N[C@@H](CS(=O)(=O)O)C(=O)O. The summed E-state index contributed by atoms with van der Waals surface area (Å²) < 4.78 is 30.5. The molecule has 0 saturated carbocycles. The molecule has 0 saturated heterocycles. The number of carbonyl (C=O) groups is 2. The molecule has 0 radical (unpaired) electrons. The van der Waals surface area contributed by atoms with Crippen molar-refractivity contribution in [3.05, 3.63) is 58.7 Å². The van der Waals surface area contributed by atoms with E-state index in [9.17, 15) is 18.0 Å². The van der Waals surface area contributed by atoms with Gasteiger partial charge >= 0.3 is 5.97 Å². The van der Waals surface area contributed by atoms with Crippen molar-refractivity contribution in [1.82, 2.24) is 5.32 Å². The van der Waals surface area contributed by atoms with Gasteiger partial charge in [-0.05, 0) is 56.6 Å². The van der Waals surface area contributed by atoms with Crippen LogP contribution in [0.5, 0.6) is 0 Å². The van der Waals surface area contributed by atoms with Crippen LogP contribution in [0.15, 0.2) is 58.7 Å². The third-order valence-electron chi connectivity index (χ3n) is 5.12. The van der Waals surface area contributed by atoms with Crippen LogP contribution in [0.4, 0.5) is 0 Å². The fraction of sp³-hybridized carbons (Fsp3) is 0.478. The van der Waals surface area contributed by atoms with E-state index in [2.05, 4.69) is 38.2 Å². The second-order valence-electron chi connectivity index (χ2n) is 8.57. The van der Waals surface area contributed by atoms with Crippen molar-refractivity contribution >= 4 is 22.0 Å². The molecule has 0 aliphatic heterocycles. The van der Waals surface area contributed by atoms with Crippen LogP contribution in [0.25, 0.3) is 0 Å². The third-order valence-corrected chi connectivity index (χ3v) is 5.88. The van der Waals surface area contributed by atoms with E-state index >= 15 is 0 Å². The minimum atomic E-state index is -4.54. The minimum absolute atomic E-state index is 0.171. The Morgan fingerprint density at radius 3 is 2.39 bits per heavy atom. The zero-order valence-electron chi connectivity index (χ0n) is 18.8. The highest BCUT2D eigenvalue weighted by molar-refractivity contribution is 7.85. The van der Waals surface area contributed by atoms with E-state index in [1.165, 1.54) is 24.0 Å². The predicted octanol–water partition coefficient (Wildman–Crippen LogP) is 3.98. The van der Waals surface area contributed by atoms with Gasteiger partial charge in [0.1, 0.15) is 11.8 Å². The maximum atomic E-state index is 11.9. The first-order chi connectivity index (χ1) is 14.2. The summed E-state index contributed by atoms with van der Waals surface area (Å²) in [4.78, 5) is 23.0. The first-order valence-corrected chi connectivity index (χ1v) is 11.7. The number of amides is 1. The molecule has 8 heteroatoms. The summed E-state index contributed by atoms with van der Waals surface area (Å²) >= 11 is 0. The maximum absolute atomic E-state index is 11.9. The van der Waals surface area contributed by atoms with Gasteiger partial charge in [0.2, 0.25) is 5.91 Å². The van der Waals surface area contributed by atoms with Gasteiger partial charge in [-0.2, -0.15) is 8.42 Å². The molecule has 7 nitrogen and oxygen atoms in total. The molecule has 1 aliphatic rings. The summed E-state index contributed by atoms with van der Waals surface area (Å²) in [7, 11) is -4.54. The van der Waals surface area contributed by atoms with Gasteiger partial charge in [0, 0.05) is 6.08 Å². The number of carbonyl (C=O) groups excluding carboxylic acids is 1.